The molecule has 112 valence electrons. The minimum atomic E-state index is -4.75. The van der Waals surface area contributed by atoms with Gasteiger partial charge in [-0.1, -0.05) is 12.1 Å². The van der Waals surface area contributed by atoms with Crippen LogP contribution in [0, 0.1) is 0 Å². The molecule has 0 aliphatic carbocycles. The Bertz CT molecular complexity index is 461. The molecule has 0 aromatic heterocycles. The van der Waals surface area contributed by atoms with Gasteiger partial charge in [-0.25, -0.2) is 0 Å². The van der Waals surface area contributed by atoms with Crippen LogP contribution < -0.4 is 10.6 Å². The van der Waals surface area contributed by atoms with Crippen molar-refractivity contribution in [2.24, 2.45) is 0 Å². The average molecular weight is 290 g/mol. The van der Waals surface area contributed by atoms with Crippen LogP contribution in [-0.2, 0) is 0 Å². The fraction of sp³-hybridized carbons (Fsp3) is 0.462. The van der Waals surface area contributed by atoms with Crippen molar-refractivity contribution in [1.82, 2.24) is 5.32 Å². The summed E-state index contributed by atoms with van der Waals surface area (Å²) in [4.78, 5) is 11.8. The molecule has 0 heterocycles. The topological polar surface area (TPSA) is 61.4 Å². The SMILES string of the molecule is CC(C)Nc1ccccc1C(=O)NCC(O)C(F)(F)F. The number of hydrogen-bond donors (Lipinski definition) is 3. The molecule has 0 radical (unpaired) electrons. The number of alkyl halides is 3. The molecule has 0 saturated heterocycles. The second-order valence-electron chi connectivity index (χ2n) is 4.61. The number of halogens is 3. The third-order valence-electron chi connectivity index (χ3n) is 2.45. The number of carbonyl (C=O) groups is 1. The van der Waals surface area contributed by atoms with Crippen LogP contribution in [0.25, 0.3) is 0 Å². The van der Waals surface area contributed by atoms with Gasteiger partial charge in [0.1, 0.15) is 0 Å². The maximum atomic E-state index is 12.1. The number of para-hydroxylation sites is 1. The fourth-order valence-corrected chi connectivity index (χ4v) is 1.52. The normalized spacial score (nSPS) is 13.2. The summed E-state index contributed by atoms with van der Waals surface area (Å²) < 4.78 is 36.4. The first-order valence-corrected chi connectivity index (χ1v) is 6.10. The lowest BCUT2D eigenvalue weighted by Gasteiger charge is -2.17. The molecule has 7 heteroatoms. The van der Waals surface area contributed by atoms with E-state index in [1.807, 2.05) is 13.8 Å². The van der Waals surface area contributed by atoms with E-state index in [0.717, 1.165) is 0 Å². The van der Waals surface area contributed by atoms with Crippen molar-refractivity contribution in [2.75, 3.05) is 11.9 Å². The van der Waals surface area contributed by atoms with Crippen molar-refractivity contribution < 1.29 is 23.1 Å². The van der Waals surface area contributed by atoms with Crippen LogP contribution in [0.2, 0.25) is 0 Å². The molecule has 0 aliphatic rings. The first-order chi connectivity index (χ1) is 9.21. The van der Waals surface area contributed by atoms with Crippen LogP contribution in [-0.4, -0.2) is 35.9 Å². The zero-order chi connectivity index (χ0) is 15.3. The standard InChI is InChI=1S/C13H17F3N2O2/c1-8(2)18-10-6-4-3-5-9(10)12(20)17-7-11(19)13(14,15)16/h3-6,8,11,18-19H,7H2,1-2H3,(H,17,20). The summed E-state index contributed by atoms with van der Waals surface area (Å²) in [6, 6.07) is 6.56. The van der Waals surface area contributed by atoms with E-state index in [9.17, 15) is 18.0 Å². The molecule has 1 rings (SSSR count). The Balaban J connectivity index is 2.73. The van der Waals surface area contributed by atoms with Crippen LogP contribution in [0.5, 0.6) is 0 Å². The third-order valence-corrected chi connectivity index (χ3v) is 2.45. The first-order valence-electron chi connectivity index (χ1n) is 6.10. The lowest BCUT2D eigenvalue weighted by Crippen LogP contribution is -2.40. The Kier molecular flexibility index (Phi) is 5.38. The van der Waals surface area contributed by atoms with Gasteiger partial charge < -0.3 is 15.7 Å². The molecular weight excluding hydrogens is 273 g/mol. The van der Waals surface area contributed by atoms with Gasteiger partial charge in [-0.15, -0.1) is 0 Å². The highest BCUT2D eigenvalue weighted by Crippen LogP contribution is 2.20. The van der Waals surface area contributed by atoms with E-state index in [2.05, 4.69) is 10.6 Å². The van der Waals surface area contributed by atoms with Crippen LogP contribution >= 0.6 is 0 Å². The molecule has 20 heavy (non-hydrogen) atoms. The number of carbonyl (C=O) groups excluding carboxylic acids is 1. The van der Waals surface area contributed by atoms with E-state index >= 15 is 0 Å². The molecule has 0 saturated carbocycles. The smallest absolute Gasteiger partial charge is 0.382 e. The van der Waals surface area contributed by atoms with Gasteiger partial charge in [0, 0.05) is 11.7 Å². The number of nitrogens with one attached hydrogen (secondary N) is 2. The number of anilines is 1. The molecule has 0 bridgehead atoms. The molecule has 3 N–H and O–H groups in total. The maximum absolute atomic E-state index is 12.1. The molecule has 4 nitrogen and oxygen atoms in total. The number of amides is 1. The maximum Gasteiger partial charge on any atom is 0.416 e. The second-order valence-corrected chi connectivity index (χ2v) is 4.61. The monoisotopic (exact) mass is 290 g/mol. The summed E-state index contributed by atoms with van der Waals surface area (Å²) in [6.45, 7) is 2.88. The highest BCUT2D eigenvalue weighted by atomic mass is 19.4. The summed E-state index contributed by atoms with van der Waals surface area (Å²) in [7, 11) is 0. The highest BCUT2D eigenvalue weighted by molar-refractivity contribution is 5.99. The lowest BCUT2D eigenvalue weighted by molar-refractivity contribution is -0.201. The molecule has 1 aromatic rings. The van der Waals surface area contributed by atoms with Crippen molar-refractivity contribution in [3.8, 4) is 0 Å². The number of benzene rings is 1. The van der Waals surface area contributed by atoms with Crippen LogP contribution in [0.1, 0.15) is 24.2 Å². The Hall–Kier alpha value is -1.76. The van der Waals surface area contributed by atoms with Gasteiger partial charge in [0.05, 0.1) is 12.1 Å². The molecule has 1 atom stereocenters. The van der Waals surface area contributed by atoms with Crippen molar-refractivity contribution >= 4 is 11.6 Å². The van der Waals surface area contributed by atoms with Crippen molar-refractivity contribution in [2.45, 2.75) is 32.2 Å². The molecule has 0 spiro atoms. The predicted octanol–water partition coefficient (Wildman–Crippen LogP) is 2.16. The Labute approximate surface area is 115 Å². The minimum absolute atomic E-state index is 0.0738. The van der Waals surface area contributed by atoms with Crippen molar-refractivity contribution in [3.63, 3.8) is 0 Å². The van der Waals surface area contributed by atoms with Gasteiger partial charge in [-0.05, 0) is 26.0 Å². The van der Waals surface area contributed by atoms with E-state index in [4.69, 9.17) is 5.11 Å². The molecular formula is C13H17F3N2O2. The highest BCUT2D eigenvalue weighted by Gasteiger charge is 2.38. The lowest BCUT2D eigenvalue weighted by atomic mass is 10.1. The number of aliphatic hydroxyl groups excluding tert-OH is 1. The van der Waals surface area contributed by atoms with Gasteiger partial charge in [0.15, 0.2) is 6.10 Å². The van der Waals surface area contributed by atoms with Gasteiger partial charge in [-0.2, -0.15) is 13.2 Å². The van der Waals surface area contributed by atoms with E-state index in [0.29, 0.717) is 5.69 Å². The van der Waals surface area contributed by atoms with Crippen LogP contribution in [0.4, 0.5) is 18.9 Å². The Morgan fingerprint density at radius 2 is 1.90 bits per heavy atom. The van der Waals surface area contributed by atoms with E-state index < -0.39 is 24.7 Å². The predicted molar refractivity (Wildman–Crippen MR) is 69.6 cm³/mol. The summed E-state index contributed by atoms with van der Waals surface area (Å²) in [5, 5.41) is 13.9. The van der Waals surface area contributed by atoms with Gasteiger partial charge in [0.25, 0.3) is 5.91 Å². The molecule has 0 fully saturated rings. The van der Waals surface area contributed by atoms with Crippen LogP contribution in [0.15, 0.2) is 24.3 Å². The summed E-state index contributed by atoms with van der Waals surface area (Å²) in [6.07, 6.45) is -7.32. The summed E-state index contributed by atoms with van der Waals surface area (Å²) in [5.41, 5.74) is 0.761. The van der Waals surface area contributed by atoms with Crippen LogP contribution in [0.3, 0.4) is 0 Å². The Morgan fingerprint density at radius 3 is 2.45 bits per heavy atom. The Morgan fingerprint density at radius 1 is 1.30 bits per heavy atom. The van der Waals surface area contributed by atoms with E-state index in [1.165, 1.54) is 6.07 Å². The van der Waals surface area contributed by atoms with Gasteiger partial charge in [0.2, 0.25) is 0 Å². The van der Waals surface area contributed by atoms with Gasteiger partial charge in [-0.3, -0.25) is 4.79 Å². The number of rotatable bonds is 5. The van der Waals surface area contributed by atoms with E-state index in [1.54, 1.807) is 18.2 Å². The molecule has 1 unspecified atom stereocenters. The number of hydrogen-bond acceptors (Lipinski definition) is 3. The fourth-order valence-electron chi connectivity index (χ4n) is 1.52. The summed E-state index contributed by atoms with van der Waals surface area (Å²) >= 11 is 0. The van der Waals surface area contributed by atoms with Gasteiger partial charge >= 0.3 is 6.18 Å². The third kappa shape index (κ3) is 4.73. The first kappa shape index (κ1) is 16.3. The quantitative estimate of drug-likeness (QED) is 0.779. The number of aliphatic hydroxyl groups is 1. The molecule has 1 amide bonds. The average Bonchev–Trinajstić information content (AvgIpc) is 2.34. The van der Waals surface area contributed by atoms with Crippen molar-refractivity contribution in [3.05, 3.63) is 29.8 Å². The zero-order valence-electron chi connectivity index (χ0n) is 11.2. The molecule has 1 aromatic carbocycles. The zero-order valence-corrected chi connectivity index (χ0v) is 11.2. The second kappa shape index (κ2) is 6.60. The minimum Gasteiger partial charge on any atom is -0.382 e. The summed E-state index contributed by atoms with van der Waals surface area (Å²) in [5.74, 6) is -0.669. The largest absolute Gasteiger partial charge is 0.416 e. The van der Waals surface area contributed by atoms with Crippen molar-refractivity contribution in [1.29, 1.82) is 0 Å². The molecule has 0 aliphatic heterocycles. The van der Waals surface area contributed by atoms with E-state index in [-0.39, 0.29) is 11.6 Å².